The zero-order valence-electron chi connectivity index (χ0n) is 15.0. The van der Waals surface area contributed by atoms with Crippen LogP contribution in [0.4, 0.5) is 0 Å². The second-order valence-electron chi connectivity index (χ2n) is 6.61. The molecule has 0 aliphatic heterocycles. The van der Waals surface area contributed by atoms with Crippen LogP contribution in [0, 0.1) is 11.3 Å². The van der Waals surface area contributed by atoms with E-state index >= 15 is 0 Å². The Kier molecular flexibility index (Phi) is 5.17. The summed E-state index contributed by atoms with van der Waals surface area (Å²) in [4.78, 5) is 0. The monoisotopic (exact) mass is 346 g/mol. The fraction of sp³-hybridized carbons (Fsp3) is 0.238. The highest BCUT2D eigenvalue weighted by Crippen LogP contribution is 2.23. The Morgan fingerprint density at radius 2 is 1.85 bits per heavy atom. The Morgan fingerprint density at radius 3 is 2.50 bits per heavy atom. The summed E-state index contributed by atoms with van der Waals surface area (Å²) in [7, 11) is 1.89. The number of aryl methyl sites for hydroxylation is 1. The number of nitrogens with zero attached hydrogens (tertiary/aromatic N) is 3. The highest BCUT2D eigenvalue weighted by Gasteiger charge is 2.22. The highest BCUT2D eigenvalue weighted by molar-refractivity contribution is 5.63. The minimum atomic E-state index is -0.946. The summed E-state index contributed by atoms with van der Waals surface area (Å²) in [6.45, 7) is 2.82. The third kappa shape index (κ3) is 3.99. The molecule has 5 nitrogen and oxygen atoms in total. The number of aromatic nitrogens is 2. The van der Waals surface area contributed by atoms with Crippen LogP contribution in [-0.4, -0.2) is 21.4 Å². The maximum Gasteiger partial charge on any atom is 0.0992 e. The van der Waals surface area contributed by atoms with Crippen molar-refractivity contribution in [1.29, 1.82) is 5.26 Å². The number of benzene rings is 2. The first kappa shape index (κ1) is 17.9. The fourth-order valence-electron chi connectivity index (χ4n) is 2.95. The first-order valence-electron chi connectivity index (χ1n) is 8.51. The molecule has 0 fully saturated rings. The van der Waals surface area contributed by atoms with E-state index in [4.69, 9.17) is 5.26 Å². The van der Waals surface area contributed by atoms with Crippen molar-refractivity contribution in [3.05, 3.63) is 77.5 Å². The first-order chi connectivity index (χ1) is 12.5. The van der Waals surface area contributed by atoms with Crippen LogP contribution in [0.15, 0.2) is 60.8 Å². The molecule has 3 aromatic rings. The predicted octanol–water partition coefficient (Wildman–Crippen LogP) is 2.96. The van der Waals surface area contributed by atoms with Crippen molar-refractivity contribution in [2.45, 2.75) is 19.1 Å². The van der Waals surface area contributed by atoms with Crippen LogP contribution in [0.5, 0.6) is 0 Å². The van der Waals surface area contributed by atoms with Crippen molar-refractivity contribution in [3.63, 3.8) is 0 Å². The van der Waals surface area contributed by atoms with Crippen molar-refractivity contribution in [2.24, 2.45) is 7.05 Å². The Hall–Kier alpha value is -2.94. The van der Waals surface area contributed by atoms with Crippen molar-refractivity contribution in [1.82, 2.24) is 15.1 Å². The molecule has 3 rings (SSSR count). The average Bonchev–Trinajstić information content (AvgIpc) is 3.03. The molecular weight excluding hydrogens is 324 g/mol. The van der Waals surface area contributed by atoms with Crippen molar-refractivity contribution in [3.8, 4) is 17.3 Å². The number of hydrogen-bond donors (Lipinski definition) is 2. The molecule has 0 spiro atoms. The molecule has 5 heteroatoms. The van der Waals surface area contributed by atoms with Crippen LogP contribution in [0.1, 0.15) is 23.6 Å². The summed E-state index contributed by atoms with van der Waals surface area (Å²) in [5.74, 6) is 0. The van der Waals surface area contributed by atoms with E-state index in [1.165, 1.54) is 0 Å². The quantitative estimate of drug-likeness (QED) is 0.720. The topological polar surface area (TPSA) is 73.9 Å². The number of nitrogens with one attached hydrogen (secondary N) is 1. The van der Waals surface area contributed by atoms with Gasteiger partial charge in [0.25, 0.3) is 0 Å². The molecular formula is C21H22N4O. The third-order valence-corrected chi connectivity index (χ3v) is 4.37. The van der Waals surface area contributed by atoms with E-state index < -0.39 is 5.60 Å². The van der Waals surface area contributed by atoms with E-state index in [0.717, 1.165) is 22.4 Å². The Bertz CT molecular complexity index is 905. The van der Waals surface area contributed by atoms with Gasteiger partial charge in [0, 0.05) is 37.5 Å². The third-order valence-electron chi connectivity index (χ3n) is 4.37. The van der Waals surface area contributed by atoms with Crippen LogP contribution < -0.4 is 5.32 Å². The second-order valence-corrected chi connectivity index (χ2v) is 6.61. The van der Waals surface area contributed by atoms with Crippen molar-refractivity contribution in [2.75, 3.05) is 6.54 Å². The average molecular weight is 346 g/mol. The molecule has 0 aliphatic rings. The minimum Gasteiger partial charge on any atom is -0.384 e. The van der Waals surface area contributed by atoms with Gasteiger partial charge in [0.15, 0.2) is 0 Å². The summed E-state index contributed by atoms with van der Waals surface area (Å²) in [5.41, 5.74) is 3.45. The number of hydrogen-bond acceptors (Lipinski definition) is 4. The van der Waals surface area contributed by atoms with Gasteiger partial charge in [-0.1, -0.05) is 42.5 Å². The zero-order chi connectivity index (χ0) is 18.6. The summed E-state index contributed by atoms with van der Waals surface area (Å²) in [6.07, 6.45) is 1.97. The van der Waals surface area contributed by atoms with E-state index in [1.54, 1.807) is 23.7 Å². The van der Waals surface area contributed by atoms with Crippen LogP contribution in [-0.2, 0) is 19.2 Å². The molecule has 1 aromatic heterocycles. The van der Waals surface area contributed by atoms with Gasteiger partial charge >= 0.3 is 0 Å². The standard InChI is InChI=1S/C21H22N4O/c1-21(26,19-6-4-3-5-7-19)15-23-13-18-14-25(2)24-20(18)17-10-8-16(12-22)9-11-17/h3-11,14,23,26H,13,15H2,1-2H3. The maximum absolute atomic E-state index is 10.7. The fourth-order valence-corrected chi connectivity index (χ4v) is 2.95. The first-order valence-corrected chi connectivity index (χ1v) is 8.51. The molecule has 0 saturated carbocycles. The molecule has 1 atom stereocenters. The van der Waals surface area contributed by atoms with Crippen LogP contribution >= 0.6 is 0 Å². The van der Waals surface area contributed by atoms with E-state index in [0.29, 0.717) is 18.7 Å². The van der Waals surface area contributed by atoms with Gasteiger partial charge < -0.3 is 10.4 Å². The molecule has 0 saturated heterocycles. The smallest absolute Gasteiger partial charge is 0.0992 e. The van der Waals surface area contributed by atoms with Crippen LogP contribution in [0.25, 0.3) is 11.3 Å². The number of aliphatic hydroxyl groups is 1. The minimum absolute atomic E-state index is 0.429. The zero-order valence-corrected chi connectivity index (χ0v) is 15.0. The van der Waals surface area contributed by atoms with Crippen LogP contribution in [0.3, 0.4) is 0 Å². The van der Waals surface area contributed by atoms with Crippen LogP contribution in [0.2, 0.25) is 0 Å². The summed E-state index contributed by atoms with van der Waals surface area (Å²) in [5, 5.41) is 27.5. The molecule has 0 radical (unpaired) electrons. The van der Waals surface area contributed by atoms with Crippen molar-refractivity contribution < 1.29 is 5.11 Å². The summed E-state index contributed by atoms with van der Waals surface area (Å²) in [6, 6.07) is 19.2. The molecule has 1 heterocycles. The lowest BCUT2D eigenvalue weighted by molar-refractivity contribution is 0.0567. The molecule has 0 aliphatic carbocycles. The predicted molar refractivity (Wildman–Crippen MR) is 101 cm³/mol. The Balaban J connectivity index is 1.72. The maximum atomic E-state index is 10.7. The Morgan fingerprint density at radius 1 is 1.15 bits per heavy atom. The molecule has 2 aromatic carbocycles. The second kappa shape index (κ2) is 7.52. The van der Waals surface area contributed by atoms with E-state index in [1.807, 2.05) is 55.7 Å². The normalized spacial score (nSPS) is 13.2. The molecule has 0 amide bonds. The van der Waals surface area contributed by atoms with E-state index in [-0.39, 0.29) is 0 Å². The summed E-state index contributed by atoms with van der Waals surface area (Å²) >= 11 is 0. The molecule has 0 bridgehead atoms. The molecule has 132 valence electrons. The Labute approximate surface area is 153 Å². The van der Waals surface area contributed by atoms with Gasteiger partial charge in [0.1, 0.15) is 0 Å². The lowest BCUT2D eigenvalue weighted by atomic mass is 9.96. The largest absolute Gasteiger partial charge is 0.384 e. The van der Waals surface area contributed by atoms with E-state index in [9.17, 15) is 5.11 Å². The van der Waals surface area contributed by atoms with Gasteiger partial charge in [-0.25, -0.2) is 0 Å². The van der Waals surface area contributed by atoms with Gasteiger partial charge in [-0.3, -0.25) is 4.68 Å². The highest BCUT2D eigenvalue weighted by atomic mass is 16.3. The lowest BCUT2D eigenvalue weighted by Gasteiger charge is -2.24. The molecule has 26 heavy (non-hydrogen) atoms. The molecule has 2 N–H and O–H groups in total. The molecule has 1 unspecified atom stereocenters. The van der Waals surface area contributed by atoms with Gasteiger partial charge in [0.2, 0.25) is 0 Å². The lowest BCUT2D eigenvalue weighted by Crippen LogP contribution is -2.35. The van der Waals surface area contributed by atoms with Gasteiger partial charge in [-0.05, 0) is 24.6 Å². The van der Waals surface area contributed by atoms with Gasteiger partial charge in [-0.15, -0.1) is 0 Å². The number of rotatable bonds is 6. The SMILES string of the molecule is Cn1cc(CNCC(C)(O)c2ccccc2)c(-c2ccc(C#N)cc2)n1. The summed E-state index contributed by atoms with van der Waals surface area (Å²) < 4.78 is 1.78. The van der Waals surface area contributed by atoms with Gasteiger partial charge in [0.05, 0.1) is 22.9 Å². The van der Waals surface area contributed by atoms with Gasteiger partial charge in [-0.2, -0.15) is 10.4 Å². The number of nitriles is 1. The van der Waals surface area contributed by atoms with Crippen molar-refractivity contribution >= 4 is 0 Å². The van der Waals surface area contributed by atoms with E-state index in [2.05, 4.69) is 16.5 Å².